The van der Waals surface area contributed by atoms with Crippen molar-refractivity contribution in [1.82, 2.24) is 15.1 Å². The van der Waals surface area contributed by atoms with Gasteiger partial charge in [0, 0.05) is 6.20 Å². The van der Waals surface area contributed by atoms with Crippen LogP contribution in [-0.4, -0.2) is 22.9 Å². The molecular weight excluding hydrogens is 220 g/mol. The predicted octanol–water partition coefficient (Wildman–Crippen LogP) is 0.757. The molecule has 1 N–H and O–H groups in total. The van der Waals surface area contributed by atoms with Gasteiger partial charge in [-0.05, 0) is 23.0 Å². The largest absolute Gasteiger partial charge is 0.303 e. The van der Waals surface area contributed by atoms with Gasteiger partial charge in [-0.1, -0.05) is 0 Å². The van der Waals surface area contributed by atoms with E-state index in [0.29, 0.717) is 6.54 Å². The normalized spacial score (nSPS) is 12.4. The molecule has 0 fully saturated rings. The van der Waals surface area contributed by atoms with E-state index >= 15 is 0 Å². The Hall–Kier alpha value is -0.860. The highest BCUT2D eigenvalue weighted by molar-refractivity contribution is 9.10. The van der Waals surface area contributed by atoms with Gasteiger partial charge in [-0.3, -0.25) is 4.68 Å². The highest BCUT2D eigenvalue weighted by atomic mass is 79.9. The predicted molar refractivity (Wildman–Crippen MR) is 48.4 cm³/mol. The highest BCUT2D eigenvalue weighted by Crippen LogP contribution is 2.06. The van der Waals surface area contributed by atoms with Crippen molar-refractivity contribution in [3.8, 4) is 6.07 Å². The Balaban J connectivity index is 2.58. The van der Waals surface area contributed by atoms with Crippen molar-refractivity contribution >= 4 is 15.9 Å². The molecule has 64 valence electrons. The topological polar surface area (TPSA) is 53.6 Å². The molecule has 0 aliphatic carbocycles. The third-order valence-corrected chi connectivity index (χ3v) is 1.89. The first-order chi connectivity index (χ1) is 5.76. The van der Waals surface area contributed by atoms with Gasteiger partial charge in [0.25, 0.3) is 0 Å². The molecule has 1 heterocycles. The average Bonchev–Trinajstić information content (AvgIpc) is 2.47. The van der Waals surface area contributed by atoms with E-state index in [0.717, 1.165) is 4.47 Å². The number of likely N-dealkylation sites (N-methyl/N-ethyl adjacent to an activating group) is 1. The lowest BCUT2D eigenvalue weighted by Crippen LogP contribution is -2.28. The van der Waals surface area contributed by atoms with Crippen LogP contribution < -0.4 is 5.32 Å². The van der Waals surface area contributed by atoms with Crippen molar-refractivity contribution in [2.45, 2.75) is 12.6 Å². The van der Waals surface area contributed by atoms with E-state index in [1.54, 1.807) is 17.9 Å². The van der Waals surface area contributed by atoms with Crippen LogP contribution >= 0.6 is 15.9 Å². The summed E-state index contributed by atoms with van der Waals surface area (Å²) < 4.78 is 2.64. The number of nitrogens with zero attached hydrogens (tertiary/aromatic N) is 3. The summed E-state index contributed by atoms with van der Waals surface area (Å²) in [6, 6.07) is 1.94. The molecule has 12 heavy (non-hydrogen) atoms. The van der Waals surface area contributed by atoms with Crippen LogP contribution in [0.15, 0.2) is 16.9 Å². The molecule has 0 bridgehead atoms. The minimum atomic E-state index is -0.184. The fourth-order valence-electron chi connectivity index (χ4n) is 0.822. The summed E-state index contributed by atoms with van der Waals surface area (Å²) >= 11 is 3.28. The summed E-state index contributed by atoms with van der Waals surface area (Å²) in [5, 5.41) is 15.5. The van der Waals surface area contributed by atoms with Gasteiger partial charge >= 0.3 is 0 Å². The molecule has 0 saturated heterocycles. The molecule has 4 nitrogen and oxygen atoms in total. The van der Waals surface area contributed by atoms with E-state index in [2.05, 4.69) is 32.4 Å². The molecule has 0 amide bonds. The van der Waals surface area contributed by atoms with Crippen molar-refractivity contribution in [3.63, 3.8) is 0 Å². The van der Waals surface area contributed by atoms with Crippen molar-refractivity contribution in [1.29, 1.82) is 5.26 Å². The van der Waals surface area contributed by atoms with Crippen LogP contribution in [0.4, 0.5) is 0 Å². The summed E-state index contributed by atoms with van der Waals surface area (Å²) in [4.78, 5) is 0. The molecule has 1 unspecified atom stereocenters. The number of nitriles is 1. The summed E-state index contributed by atoms with van der Waals surface area (Å²) in [5.74, 6) is 0. The van der Waals surface area contributed by atoms with Gasteiger partial charge in [-0.25, -0.2) is 0 Å². The minimum absolute atomic E-state index is 0.184. The maximum atomic E-state index is 8.63. The van der Waals surface area contributed by atoms with Crippen LogP contribution in [0.5, 0.6) is 0 Å². The van der Waals surface area contributed by atoms with Crippen LogP contribution in [0, 0.1) is 11.3 Å². The maximum absolute atomic E-state index is 8.63. The number of rotatable bonds is 3. The zero-order chi connectivity index (χ0) is 8.97. The van der Waals surface area contributed by atoms with Gasteiger partial charge in [-0.15, -0.1) is 0 Å². The van der Waals surface area contributed by atoms with E-state index in [1.807, 2.05) is 6.20 Å². The Labute approximate surface area is 79.3 Å². The number of hydrogen-bond donors (Lipinski definition) is 1. The fraction of sp³-hybridized carbons (Fsp3) is 0.429. The van der Waals surface area contributed by atoms with Crippen molar-refractivity contribution in [2.75, 3.05) is 7.05 Å². The summed E-state index contributed by atoms with van der Waals surface area (Å²) in [5.41, 5.74) is 0. The fourth-order valence-corrected chi connectivity index (χ4v) is 1.15. The van der Waals surface area contributed by atoms with E-state index in [1.165, 1.54) is 0 Å². The van der Waals surface area contributed by atoms with E-state index in [9.17, 15) is 0 Å². The van der Waals surface area contributed by atoms with Crippen LogP contribution in [0.2, 0.25) is 0 Å². The van der Waals surface area contributed by atoms with Gasteiger partial charge in [0.2, 0.25) is 0 Å². The number of halogens is 1. The van der Waals surface area contributed by atoms with Gasteiger partial charge in [0.05, 0.1) is 23.3 Å². The van der Waals surface area contributed by atoms with Crippen molar-refractivity contribution in [3.05, 3.63) is 16.9 Å². The summed E-state index contributed by atoms with van der Waals surface area (Å²) in [6.45, 7) is 0.568. The zero-order valence-corrected chi connectivity index (χ0v) is 8.24. The first kappa shape index (κ1) is 9.23. The first-order valence-corrected chi connectivity index (χ1v) is 4.30. The van der Waals surface area contributed by atoms with Crippen LogP contribution in [0.25, 0.3) is 0 Å². The third kappa shape index (κ3) is 2.32. The molecule has 1 atom stereocenters. The van der Waals surface area contributed by atoms with Crippen LogP contribution in [0.1, 0.15) is 0 Å². The van der Waals surface area contributed by atoms with E-state index < -0.39 is 0 Å². The summed E-state index contributed by atoms with van der Waals surface area (Å²) in [6.07, 6.45) is 3.53. The molecular formula is C7H9BrN4. The molecule has 5 heteroatoms. The summed E-state index contributed by atoms with van der Waals surface area (Å²) in [7, 11) is 1.76. The second-order valence-corrected chi connectivity index (χ2v) is 3.27. The van der Waals surface area contributed by atoms with Crippen molar-refractivity contribution in [2.24, 2.45) is 0 Å². The Kier molecular flexibility index (Phi) is 3.26. The Morgan fingerprint density at radius 3 is 3.08 bits per heavy atom. The zero-order valence-electron chi connectivity index (χ0n) is 6.66. The SMILES string of the molecule is CNC(C#N)Cn1cc(Br)cn1. The molecule has 0 radical (unpaired) electrons. The molecule has 0 aliphatic heterocycles. The standard InChI is InChI=1S/C7H9BrN4/c1-10-7(2-9)5-12-4-6(8)3-11-12/h3-4,7,10H,5H2,1H3. The molecule has 1 aromatic rings. The van der Waals surface area contributed by atoms with E-state index in [4.69, 9.17) is 5.26 Å². The lowest BCUT2D eigenvalue weighted by atomic mass is 10.3. The highest BCUT2D eigenvalue weighted by Gasteiger charge is 2.04. The Bertz CT molecular complexity index is 288. The average molecular weight is 229 g/mol. The number of hydrogen-bond acceptors (Lipinski definition) is 3. The second kappa shape index (κ2) is 4.24. The van der Waals surface area contributed by atoms with Crippen molar-refractivity contribution < 1.29 is 0 Å². The molecule has 0 spiro atoms. The van der Waals surface area contributed by atoms with Crippen LogP contribution in [0.3, 0.4) is 0 Å². The second-order valence-electron chi connectivity index (χ2n) is 2.35. The molecule has 1 rings (SSSR count). The van der Waals surface area contributed by atoms with Crippen LogP contribution in [-0.2, 0) is 6.54 Å². The minimum Gasteiger partial charge on any atom is -0.303 e. The lowest BCUT2D eigenvalue weighted by molar-refractivity contribution is 0.522. The van der Waals surface area contributed by atoms with Gasteiger partial charge < -0.3 is 5.32 Å². The monoisotopic (exact) mass is 228 g/mol. The van der Waals surface area contributed by atoms with E-state index in [-0.39, 0.29) is 6.04 Å². The number of aromatic nitrogens is 2. The third-order valence-electron chi connectivity index (χ3n) is 1.48. The van der Waals surface area contributed by atoms with Gasteiger partial charge in [-0.2, -0.15) is 10.4 Å². The maximum Gasteiger partial charge on any atom is 0.115 e. The van der Waals surface area contributed by atoms with Gasteiger partial charge in [0.1, 0.15) is 6.04 Å². The first-order valence-electron chi connectivity index (χ1n) is 3.51. The number of nitrogens with one attached hydrogen (secondary N) is 1. The molecule has 0 aromatic carbocycles. The lowest BCUT2D eigenvalue weighted by Gasteiger charge is -2.06. The van der Waals surface area contributed by atoms with Gasteiger partial charge in [0.15, 0.2) is 0 Å². The Morgan fingerprint density at radius 1 is 1.92 bits per heavy atom. The Morgan fingerprint density at radius 2 is 2.67 bits per heavy atom. The molecule has 0 aliphatic rings. The molecule has 0 saturated carbocycles. The quantitative estimate of drug-likeness (QED) is 0.832. The molecule has 1 aromatic heterocycles. The smallest absolute Gasteiger partial charge is 0.115 e.